The zero-order valence-electron chi connectivity index (χ0n) is 11.4. The summed E-state index contributed by atoms with van der Waals surface area (Å²) in [5.74, 6) is -0.228. The van der Waals surface area contributed by atoms with Gasteiger partial charge in [0, 0.05) is 10.5 Å². The summed E-state index contributed by atoms with van der Waals surface area (Å²) in [4.78, 5) is 0. The molecule has 106 valence electrons. The van der Waals surface area contributed by atoms with E-state index < -0.39 is 0 Å². The molecule has 0 aromatic heterocycles. The zero-order valence-corrected chi connectivity index (χ0v) is 14.6. The summed E-state index contributed by atoms with van der Waals surface area (Å²) in [5, 5.41) is 3.32. The van der Waals surface area contributed by atoms with Gasteiger partial charge in [0.25, 0.3) is 0 Å². The Kier molecular flexibility index (Phi) is 5.35. The summed E-state index contributed by atoms with van der Waals surface area (Å²) in [7, 11) is 1.95. The minimum Gasteiger partial charge on any atom is -0.313 e. The van der Waals surface area contributed by atoms with Crippen molar-refractivity contribution in [2.24, 2.45) is 0 Å². The topological polar surface area (TPSA) is 12.0 Å². The van der Waals surface area contributed by atoms with Gasteiger partial charge in [-0.2, -0.15) is 0 Å². The Morgan fingerprint density at radius 3 is 2.45 bits per heavy atom. The SMILES string of the molecule is CNC(Cc1ccc(F)c(Br)c1)c1ccc(Br)c(C)c1. The van der Waals surface area contributed by atoms with Crippen molar-refractivity contribution in [3.05, 3.63) is 67.9 Å². The second-order valence-corrected chi connectivity index (χ2v) is 6.51. The number of hydrogen-bond acceptors (Lipinski definition) is 1. The molecule has 0 aliphatic heterocycles. The van der Waals surface area contributed by atoms with Crippen molar-refractivity contribution in [3.63, 3.8) is 0 Å². The monoisotopic (exact) mass is 399 g/mol. The van der Waals surface area contributed by atoms with Crippen molar-refractivity contribution in [2.45, 2.75) is 19.4 Å². The van der Waals surface area contributed by atoms with Crippen LogP contribution >= 0.6 is 31.9 Å². The van der Waals surface area contributed by atoms with Gasteiger partial charge in [-0.1, -0.05) is 34.1 Å². The molecular weight excluding hydrogens is 385 g/mol. The minimum absolute atomic E-state index is 0.208. The molecule has 2 aromatic rings. The van der Waals surface area contributed by atoms with Crippen molar-refractivity contribution >= 4 is 31.9 Å². The first-order chi connectivity index (χ1) is 9.51. The van der Waals surface area contributed by atoms with Crippen LogP contribution in [0.4, 0.5) is 4.39 Å². The Morgan fingerprint density at radius 1 is 1.10 bits per heavy atom. The number of hydrogen-bond donors (Lipinski definition) is 1. The maximum Gasteiger partial charge on any atom is 0.137 e. The van der Waals surface area contributed by atoms with E-state index in [0.29, 0.717) is 4.47 Å². The molecule has 0 aliphatic carbocycles. The minimum atomic E-state index is -0.228. The molecule has 1 atom stereocenters. The maximum absolute atomic E-state index is 13.3. The molecule has 1 nitrogen and oxygen atoms in total. The molecule has 1 unspecified atom stereocenters. The average molecular weight is 401 g/mol. The molecule has 0 amide bonds. The van der Waals surface area contributed by atoms with E-state index in [1.54, 1.807) is 0 Å². The highest BCUT2D eigenvalue weighted by Gasteiger charge is 2.12. The second-order valence-electron chi connectivity index (χ2n) is 4.80. The predicted molar refractivity (Wildman–Crippen MR) is 88.5 cm³/mol. The summed E-state index contributed by atoms with van der Waals surface area (Å²) in [6.45, 7) is 2.08. The summed E-state index contributed by atoms with van der Waals surface area (Å²) >= 11 is 6.75. The van der Waals surface area contributed by atoms with Gasteiger partial charge in [-0.15, -0.1) is 0 Å². The van der Waals surface area contributed by atoms with E-state index in [4.69, 9.17) is 0 Å². The van der Waals surface area contributed by atoms with E-state index >= 15 is 0 Å². The molecule has 0 radical (unpaired) electrons. The molecule has 2 rings (SSSR count). The number of halogens is 3. The third-order valence-corrected chi connectivity index (χ3v) is 4.85. The highest BCUT2D eigenvalue weighted by molar-refractivity contribution is 9.10. The lowest BCUT2D eigenvalue weighted by molar-refractivity contribution is 0.587. The lowest BCUT2D eigenvalue weighted by atomic mass is 9.98. The summed E-state index contributed by atoms with van der Waals surface area (Å²) in [6, 6.07) is 11.7. The molecule has 2 aromatic carbocycles. The number of benzene rings is 2. The van der Waals surface area contributed by atoms with Crippen LogP contribution in [0.3, 0.4) is 0 Å². The molecule has 4 heteroatoms. The molecule has 0 saturated carbocycles. The Morgan fingerprint density at radius 2 is 1.85 bits per heavy atom. The largest absolute Gasteiger partial charge is 0.313 e. The van der Waals surface area contributed by atoms with Crippen LogP contribution < -0.4 is 5.32 Å². The van der Waals surface area contributed by atoms with E-state index in [1.165, 1.54) is 17.2 Å². The summed E-state index contributed by atoms with van der Waals surface area (Å²) in [6.07, 6.45) is 0.816. The first-order valence-corrected chi connectivity index (χ1v) is 7.97. The van der Waals surface area contributed by atoms with Crippen molar-refractivity contribution in [1.82, 2.24) is 5.32 Å². The quantitative estimate of drug-likeness (QED) is 0.747. The highest BCUT2D eigenvalue weighted by Crippen LogP contribution is 2.25. The average Bonchev–Trinajstić information content (AvgIpc) is 2.43. The highest BCUT2D eigenvalue weighted by atomic mass is 79.9. The zero-order chi connectivity index (χ0) is 14.7. The normalized spacial score (nSPS) is 12.4. The summed E-state index contributed by atoms with van der Waals surface area (Å²) in [5.41, 5.74) is 3.54. The molecule has 0 saturated heterocycles. The van der Waals surface area contributed by atoms with Gasteiger partial charge in [0.1, 0.15) is 5.82 Å². The molecule has 0 heterocycles. The van der Waals surface area contributed by atoms with Crippen molar-refractivity contribution in [3.8, 4) is 0 Å². The van der Waals surface area contributed by atoms with Crippen molar-refractivity contribution in [2.75, 3.05) is 7.05 Å². The fourth-order valence-electron chi connectivity index (χ4n) is 2.17. The Balaban J connectivity index is 2.23. The van der Waals surface area contributed by atoms with E-state index in [1.807, 2.05) is 19.2 Å². The van der Waals surface area contributed by atoms with E-state index in [2.05, 4.69) is 62.3 Å². The Labute approximate surface area is 135 Å². The molecule has 0 aliphatic rings. The number of likely N-dealkylation sites (N-methyl/N-ethyl adjacent to an activating group) is 1. The maximum atomic E-state index is 13.3. The first-order valence-electron chi connectivity index (χ1n) is 6.38. The smallest absolute Gasteiger partial charge is 0.137 e. The first kappa shape index (κ1) is 15.7. The van der Waals surface area contributed by atoms with Crippen LogP contribution in [-0.4, -0.2) is 7.05 Å². The molecular formula is C16H16Br2FN. The van der Waals surface area contributed by atoms with Gasteiger partial charge >= 0.3 is 0 Å². The number of aryl methyl sites for hydroxylation is 1. The van der Waals surface area contributed by atoms with E-state index in [-0.39, 0.29) is 11.9 Å². The molecule has 0 fully saturated rings. The van der Waals surface area contributed by atoms with Gasteiger partial charge < -0.3 is 5.32 Å². The molecule has 20 heavy (non-hydrogen) atoms. The van der Waals surface area contributed by atoms with Crippen LogP contribution in [0.25, 0.3) is 0 Å². The van der Waals surface area contributed by atoms with Crippen LogP contribution in [0.1, 0.15) is 22.7 Å². The Bertz CT molecular complexity index is 613. The fraction of sp³-hybridized carbons (Fsp3) is 0.250. The van der Waals surface area contributed by atoms with Gasteiger partial charge in [0.05, 0.1) is 4.47 Å². The molecule has 1 N–H and O–H groups in total. The summed E-state index contributed by atoms with van der Waals surface area (Å²) < 4.78 is 14.9. The van der Waals surface area contributed by atoms with Gasteiger partial charge in [-0.05, 0) is 71.2 Å². The third kappa shape index (κ3) is 3.68. The number of rotatable bonds is 4. The standard InChI is InChI=1S/C16H16Br2FN/c1-10-7-12(4-5-13(10)17)16(20-2)9-11-3-6-15(19)14(18)8-11/h3-8,16,20H,9H2,1-2H3. The van der Waals surface area contributed by atoms with Gasteiger partial charge in [0.15, 0.2) is 0 Å². The van der Waals surface area contributed by atoms with Crippen LogP contribution in [0.5, 0.6) is 0 Å². The lowest BCUT2D eigenvalue weighted by Crippen LogP contribution is -2.19. The van der Waals surface area contributed by atoms with Crippen molar-refractivity contribution in [1.29, 1.82) is 0 Å². The van der Waals surface area contributed by atoms with Crippen LogP contribution in [-0.2, 0) is 6.42 Å². The van der Waals surface area contributed by atoms with Crippen molar-refractivity contribution < 1.29 is 4.39 Å². The second kappa shape index (κ2) is 6.83. The fourth-order valence-corrected chi connectivity index (χ4v) is 2.85. The predicted octanol–water partition coefficient (Wildman–Crippen LogP) is 5.16. The van der Waals surface area contributed by atoms with E-state index in [9.17, 15) is 4.39 Å². The van der Waals surface area contributed by atoms with E-state index in [0.717, 1.165) is 16.5 Å². The Hall–Kier alpha value is -0.710. The molecule has 0 bridgehead atoms. The van der Waals surface area contributed by atoms with Crippen LogP contribution in [0.15, 0.2) is 45.3 Å². The van der Waals surface area contributed by atoms with Gasteiger partial charge in [-0.25, -0.2) is 4.39 Å². The number of nitrogens with one attached hydrogen (secondary N) is 1. The molecule has 0 spiro atoms. The van der Waals surface area contributed by atoms with Gasteiger partial charge in [-0.3, -0.25) is 0 Å². The third-order valence-electron chi connectivity index (χ3n) is 3.36. The lowest BCUT2D eigenvalue weighted by Gasteiger charge is -2.18. The van der Waals surface area contributed by atoms with Crippen LogP contribution in [0.2, 0.25) is 0 Å². The van der Waals surface area contributed by atoms with Crippen LogP contribution in [0, 0.1) is 12.7 Å². The van der Waals surface area contributed by atoms with Gasteiger partial charge in [0.2, 0.25) is 0 Å².